The van der Waals surface area contributed by atoms with E-state index in [1.54, 1.807) is 14.2 Å². The Morgan fingerprint density at radius 1 is 1.12 bits per heavy atom. The maximum atomic E-state index is 12.6. The fourth-order valence-electron chi connectivity index (χ4n) is 3.33. The second kappa shape index (κ2) is 8.23. The SMILES string of the molecule is COc1cc2c(cc1OC)CN(C(C)C(=O)NCc1ccccc1)CC2. The van der Waals surface area contributed by atoms with Crippen LogP contribution in [0.2, 0.25) is 0 Å². The van der Waals surface area contributed by atoms with Gasteiger partial charge >= 0.3 is 0 Å². The summed E-state index contributed by atoms with van der Waals surface area (Å²) in [6, 6.07) is 13.9. The third-order valence-electron chi connectivity index (χ3n) is 4.98. The maximum absolute atomic E-state index is 12.6. The molecule has 1 amide bonds. The van der Waals surface area contributed by atoms with Crippen molar-refractivity contribution in [2.75, 3.05) is 20.8 Å². The summed E-state index contributed by atoms with van der Waals surface area (Å²) in [6.07, 6.45) is 0.895. The van der Waals surface area contributed by atoms with Crippen molar-refractivity contribution in [2.45, 2.75) is 32.5 Å². The summed E-state index contributed by atoms with van der Waals surface area (Å²) in [5.74, 6) is 1.54. The Labute approximate surface area is 154 Å². The van der Waals surface area contributed by atoms with Gasteiger partial charge in [0.2, 0.25) is 5.91 Å². The number of hydrogen-bond acceptors (Lipinski definition) is 4. The molecule has 2 aromatic carbocycles. The number of carbonyl (C=O) groups is 1. The van der Waals surface area contributed by atoms with Crippen LogP contribution in [0.4, 0.5) is 0 Å². The van der Waals surface area contributed by atoms with Gasteiger partial charge in [0.05, 0.1) is 20.3 Å². The monoisotopic (exact) mass is 354 g/mol. The number of amides is 1. The number of fused-ring (bicyclic) bond motifs is 1. The summed E-state index contributed by atoms with van der Waals surface area (Å²) < 4.78 is 10.8. The molecule has 0 spiro atoms. The zero-order chi connectivity index (χ0) is 18.5. The van der Waals surface area contributed by atoms with Crippen molar-refractivity contribution < 1.29 is 14.3 Å². The van der Waals surface area contributed by atoms with Crippen LogP contribution in [0, 0.1) is 0 Å². The lowest BCUT2D eigenvalue weighted by atomic mass is 9.97. The maximum Gasteiger partial charge on any atom is 0.237 e. The summed E-state index contributed by atoms with van der Waals surface area (Å²) in [5, 5.41) is 3.04. The summed E-state index contributed by atoms with van der Waals surface area (Å²) in [7, 11) is 3.29. The van der Waals surface area contributed by atoms with E-state index >= 15 is 0 Å². The lowest BCUT2D eigenvalue weighted by Crippen LogP contribution is -2.46. The highest BCUT2D eigenvalue weighted by atomic mass is 16.5. The molecule has 0 fully saturated rings. The molecule has 0 bridgehead atoms. The fourth-order valence-corrected chi connectivity index (χ4v) is 3.33. The Hall–Kier alpha value is -2.53. The Kier molecular flexibility index (Phi) is 5.78. The molecule has 138 valence electrons. The molecule has 1 N–H and O–H groups in total. The smallest absolute Gasteiger partial charge is 0.237 e. The molecule has 5 nitrogen and oxygen atoms in total. The molecule has 1 unspecified atom stereocenters. The molecule has 0 aromatic heterocycles. The standard InChI is InChI=1S/C21H26N2O3/c1-15(21(24)22-13-16-7-5-4-6-8-16)23-10-9-17-11-19(25-2)20(26-3)12-18(17)14-23/h4-8,11-12,15H,9-10,13-14H2,1-3H3,(H,22,24). The predicted molar refractivity (Wildman–Crippen MR) is 101 cm³/mol. The second-order valence-corrected chi connectivity index (χ2v) is 6.58. The van der Waals surface area contributed by atoms with Gasteiger partial charge in [-0.15, -0.1) is 0 Å². The number of methoxy groups -OCH3 is 2. The Morgan fingerprint density at radius 3 is 2.42 bits per heavy atom. The molecule has 0 saturated heterocycles. The Balaban J connectivity index is 1.64. The molecule has 0 aliphatic carbocycles. The van der Waals surface area contributed by atoms with Gasteiger partial charge in [-0.1, -0.05) is 30.3 Å². The molecule has 2 aromatic rings. The van der Waals surface area contributed by atoms with E-state index in [0.717, 1.165) is 36.6 Å². The highest BCUT2D eigenvalue weighted by Crippen LogP contribution is 2.33. The quantitative estimate of drug-likeness (QED) is 0.867. The number of carbonyl (C=O) groups excluding carboxylic acids is 1. The molecule has 26 heavy (non-hydrogen) atoms. The minimum atomic E-state index is -0.181. The molecule has 1 aliphatic heterocycles. The van der Waals surface area contributed by atoms with Crippen LogP contribution in [0.1, 0.15) is 23.6 Å². The largest absolute Gasteiger partial charge is 0.493 e. The fraction of sp³-hybridized carbons (Fsp3) is 0.381. The summed E-state index contributed by atoms with van der Waals surface area (Å²) in [6.45, 7) is 4.10. The van der Waals surface area contributed by atoms with E-state index in [2.05, 4.69) is 10.2 Å². The first-order chi connectivity index (χ1) is 12.6. The molecule has 0 radical (unpaired) electrons. The number of ether oxygens (including phenoxy) is 2. The summed E-state index contributed by atoms with van der Waals surface area (Å²) in [4.78, 5) is 14.8. The lowest BCUT2D eigenvalue weighted by molar-refractivity contribution is -0.126. The highest BCUT2D eigenvalue weighted by Gasteiger charge is 2.26. The Bertz CT molecular complexity index is 761. The molecule has 5 heteroatoms. The van der Waals surface area contributed by atoms with Crippen molar-refractivity contribution in [1.82, 2.24) is 10.2 Å². The van der Waals surface area contributed by atoms with E-state index < -0.39 is 0 Å². The Morgan fingerprint density at radius 2 is 1.77 bits per heavy atom. The number of nitrogens with zero attached hydrogens (tertiary/aromatic N) is 1. The average molecular weight is 354 g/mol. The molecular formula is C21H26N2O3. The number of hydrogen-bond donors (Lipinski definition) is 1. The van der Waals surface area contributed by atoms with Crippen LogP contribution in [0.25, 0.3) is 0 Å². The lowest BCUT2D eigenvalue weighted by Gasteiger charge is -2.33. The molecule has 1 aliphatic rings. The summed E-state index contributed by atoms with van der Waals surface area (Å²) >= 11 is 0. The van der Waals surface area contributed by atoms with E-state index in [1.807, 2.05) is 49.4 Å². The van der Waals surface area contributed by atoms with E-state index in [1.165, 1.54) is 11.1 Å². The highest BCUT2D eigenvalue weighted by molar-refractivity contribution is 5.81. The van der Waals surface area contributed by atoms with Crippen molar-refractivity contribution in [3.63, 3.8) is 0 Å². The molecule has 3 rings (SSSR count). The number of rotatable bonds is 6. The normalized spacial score (nSPS) is 15.0. The first kappa shape index (κ1) is 18.3. The number of nitrogens with one attached hydrogen (secondary N) is 1. The van der Waals surface area contributed by atoms with E-state index in [4.69, 9.17) is 9.47 Å². The minimum absolute atomic E-state index is 0.0535. The van der Waals surface area contributed by atoms with Crippen LogP contribution in [-0.4, -0.2) is 37.6 Å². The van der Waals surface area contributed by atoms with Gasteiger partial charge in [0.15, 0.2) is 11.5 Å². The van der Waals surface area contributed by atoms with E-state index in [-0.39, 0.29) is 11.9 Å². The zero-order valence-electron chi connectivity index (χ0n) is 15.6. The van der Waals surface area contributed by atoms with Crippen LogP contribution in [0.5, 0.6) is 11.5 Å². The van der Waals surface area contributed by atoms with Gasteiger partial charge in [0, 0.05) is 19.6 Å². The molecule has 1 atom stereocenters. The van der Waals surface area contributed by atoms with Crippen molar-refractivity contribution in [3.05, 3.63) is 59.2 Å². The van der Waals surface area contributed by atoms with Gasteiger partial charge in [-0.3, -0.25) is 9.69 Å². The van der Waals surface area contributed by atoms with Gasteiger partial charge in [-0.05, 0) is 42.2 Å². The predicted octanol–water partition coefficient (Wildman–Crippen LogP) is 2.77. The molecule has 0 saturated carbocycles. The van der Waals surface area contributed by atoms with Crippen LogP contribution in [0.15, 0.2) is 42.5 Å². The van der Waals surface area contributed by atoms with Gasteiger partial charge < -0.3 is 14.8 Å². The van der Waals surface area contributed by atoms with E-state index in [0.29, 0.717) is 6.54 Å². The van der Waals surface area contributed by atoms with Crippen molar-refractivity contribution in [1.29, 1.82) is 0 Å². The summed E-state index contributed by atoms with van der Waals surface area (Å²) in [5.41, 5.74) is 3.56. The zero-order valence-corrected chi connectivity index (χ0v) is 15.6. The molecule has 1 heterocycles. The first-order valence-electron chi connectivity index (χ1n) is 8.92. The topological polar surface area (TPSA) is 50.8 Å². The van der Waals surface area contributed by atoms with Crippen LogP contribution in [-0.2, 0) is 24.3 Å². The van der Waals surface area contributed by atoms with Crippen LogP contribution in [0.3, 0.4) is 0 Å². The van der Waals surface area contributed by atoms with Crippen LogP contribution < -0.4 is 14.8 Å². The second-order valence-electron chi connectivity index (χ2n) is 6.58. The molecular weight excluding hydrogens is 328 g/mol. The van der Waals surface area contributed by atoms with Crippen LogP contribution >= 0.6 is 0 Å². The minimum Gasteiger partial charge on any atom is -0.493 e. The average Bonchev–Trinajstić information content (AvgIpc) is 2.70. The van der Waals surface area contributed by atoms with Gasteiger partial charge in [0.1, 0.15) is 0 Å². The van der Waals surface area contributed by atoms with Gasteiger partial charge in [-0.25, -0.2) is 0 Å². The van der Waals surface area contributed by atoms with Gasteiger partial charge in [-0.2, -0.15) is 0 Å². The van der Waals surface area contributed by atoms with Crippen molar-refractivity contribution in [2.24, 2.45) is 0 Å². The first-order valence-corrected chi connectivity index (χ1v) is 8.92. The number of benzene rings is 2. The van der Waals surface area contributed by atoms with Gasteiger partial charge in [0.25, 0.3) is 0 Å². The third-order valence-corrected chi connectivity index (χ3v) is 4.98. The van der Waals surface area contributed by atoms with Crippen molar-refractivity contribution >= 4 is 5.91 Å². The third kappa shape index (κ3) is 3.99. The van der Waals surface area contributed by atoms with Crippen molar-refractivity contribution in [3.8, 4) is 11.5 Å². The van der Waals surface area contributed by atoms with E-state index in [9.17, 15) is 4.79 Å².